The molecule has 0 aliphatic rings. The third-order valence-electron chi connectivity index (χ3n) is 0.805. The van der Waals surface area contributed by atoms with Gasteiger partial charge in [0.25, 0.3) is 0 Å². The summed E-state index contributed by atoms with van der Waals surface area (Å²) < 4.78 is 0. The Morgan fingerprint density at radius 1 is 1.88 bits per heavy atom. The molecule has 0 N–H and O–H groups in total. The summed E-state index contributed by atoms with van der Waals surface area (Å²) in [6, 6.07) is 0. The minimum atomic E-state index is -0.646. The van der Waals surface area contributed by atoms with Crippen molar-refractivity contribution in [1.82, 2.24) is 0 Å². The molecule has 0 bridgehead atoms. The maximum absolute atomic E-state index is 10.4. The van der Waals surface area contributed by atoms with Crippen molar-refractivity contribution in [3.63, 3.8) is 0 Å². The molecule has 0 aliphatic carbocycles. The molecule has 0 aromatic rings. The Balaban J connectivity index is 3.80. The van der Waals surface area contributed by atoms with Crippen LogP contribution in [0.1, 0.15) is 6.92 Å². The van der Waals surface area contributed by atoms with Gasteiger partial charge in [-0.15, -0.1) is 0 Å². The number of carbonyl (C=O) groups is 1. The van der Waals surface area contributed by atoms with Crippen LogP contribution < -0.4 is 0 Å². The van der Waals surface area contributed by atoms with E-state index in [1.807, 2.05) is 0 Å². The minimum absolute atomic E-state index is 0.278. The lowest BCUT2D eigenvalue weighted by Crippen LogP contribution is -2.07. The van der Waals surface area contributed by atoms with Gasteiger partial charge in [0.2, 0.25) is 6.29 Å². The van der Waals surface area contributed by atoms with E-state index in [1.165, 1.54) is 6.92 Å². The molecule has 43 valence electrons. The molecule has 0 amide bonds. The second-order valence-corrected chi connectivity index (χ2v) is 1.45. The van der Waals surface area contributed by atoms with Crippen LogP contribution in [0.4, 0.5) is 0 Å². The molecule has 1 radical (unpaired) electrons. The molecule has 0 fully saturated rings. The first-order valence-electron chi connectivity index (χ1n) is 2.26. The van der Waals surface area contributed by atoms with Crippen LogP contribution in [0.15, 0.2) is 12.7 Å². The zero-order valence-electron chi connectivity index (χ0n) is 4.68. The zero-order chi connectivity index (χ0) is 6.57. The van der Waals surface area contributed by atoms with Crippen molar-refractivity contribution in [1.29, 1.82) is 0 Å². The Morgan fingerprint density at radius 2 is 2.38 bits per heavy atom. The van der Waals surface area contributed by atoms with Gasteiger partial charge in [0.15, 0.2) is 5.78 Å². The molecule has 0 heterocycles. The zero-order valence-corrected chi connectivity index (χ0v) is 4.68. The van der Waals surface area contributed by atoms with Crippen molar-refractivity contribution >= 4 is 12.1 Å². The first-order valence-corrected chi connectivity index (χ1v) is 2.26. The number of ketones is 1. The summed E-state index contributed by atoms with van der Waals surface area (Å²) in [6.45, 7) is 4.68. The van der Waals surface area contributed by atoms with Crippen LogP contribution in [0.25, 0.3) is 0 Å². The minimum Gasteiger partial charge on any atom is -0.294 e. The van der Waals surface area contributed by atoms with Crippen molar-refractivity contribution in [2.45, 2.75) is 6.92 Å². The SMILES string of the molecule is C=CC(=O)C(C)[C]=O. The van der Waals surface area contributed by atoms with Crippen LogP contribution in [0.2, 0.25) is 0 Å². The van der Waals surface area contributed by atoms with Gasteiger partial charge in [-0.25, -0.2) is 0 Å². The summed E-state index contributed by atoms with van der Waals surface area (Å²) in [5.74, 6) is -0.924. The molecule has 1 unspecified atom stereocenters. The van der Waals surface area contributed by atoms with Crippen LogP contribution in [0, 0.1) is 5.92 Å². The average Bonchev–Trinajstić information content (AvgIpc) is 1.84. The number of hydrogen-bond acceptors (Lipinski definition) is 2. The summed E-state index contributed by atoms with van der Waals surface area (Å²) in [6.07, 6.45) is 2.67. The maximum atomic E-state index is 10.4. The van der Waals surface area contributed by atoms with Gasteiger partial charge in [-0.2, -0.15) is 0 Å². The number of hydrogen-bond donors (Lipinski definition) is 0. The standard InChI is InChI=1S/C6H7O2/c1-3-6(8)5(2)4-7/h3,5H,1H2,2H3. The summed E-state index contributed by atoms with van der Waals surface area (Å²) in [5, 5.41) is 0. The molecule has 8 heavy (non-hydrogen) atoms. The quantitative estimate of drug-likeness (QED) is 0.392. The molecule has 2 nitrogen and oxygen atoms in total. The Bertz CT molecular complexity index is 116. The molecule has 0 aliphatic heterocycles. The first kappa shape index (κ1) is 7.08. The monoisotopic (exact) mass is 111 g/mol. The highest BCUT2D eigenvalue weighted by molar-refractivity contribution is 6.00. The second kappa shape index (κ2) is 3.13. The molecule has 2 heteroatoms. The highest BCUT2D eigenvalue weighted by atomic mass is 16.1. The van der Waals surface area contributed by atoms with Gasteiger partial charge in [0.1, 0.15) is 0 Å². The molecule has 1 atom stereocenters. The van der Waals surface area contributed by atoms with Gasteiger partial charge < -0.3 is 0 Å². The molecular weight excluding hydrogens is 104 g/mol. The van der Waals surface area contributed by atoms with E-state index < -0.39 is 5.92 Å². The average molecular weight is 111 g/mol. The van der Waals surface area contributed by atoms with Crippen molar-refractivity contribution in [3.05, 3.63) is 12.7 Å². The van der Waals surface area contributed by atoms with Crippen molar-refractivity contribution < 1.29 is 9.59 Å². The predicted molar refractivity (Wildman–Crippen MR) is 30.1 cm³/mol. The lowest BCUT2D eigenvalue weighted by molar-refractivity contribution is -0.116. The number of rotatable bonds is 3. The van der Waals surface area contributed by atoms with Gasteiger partial charge >= 0.3 is 0 Å². The topological polar surface area (TPSA) is 34.1 Å². The fraction of sp³-hybridized carbons (Fsp3) is 0.333. The highest BCUT2D eigenvalue weighted by Gasteiger charge is 2.06. The van der Waals surface area contributed by atoms with Crippen molar-refractivity contribution in [2.24, 2.45) is 5.92 Å². The second-order valence-electron chi connectivity index (χ2n) is 1.45. The normalized spacial score (nSPS) is 12.1. The number of carbonyl (C=O) groups excluding carboxylic acids is 2. The van der Waals surface area contributed by atoms with E-state index >= 15 is 0 Å². The Kier molecular flexibility index (Phi) is 2.77. The van der Waals surface area contributed by atoms with Gasteiger partial charge in [0, 0.05) is 0 Å². The fourth-order valence-corrected chi connectivity index (χ4v) is 0.235. The van der Waals surface area contributed by atoms with E-state index in [0.717, 1.165) is 6.08 Å². The molecule has 0 spiro atoms. The highest BCUT2D eigenvalue weighted by Crippen LogP contribution is 1.90. The first-order chi connectivity index (χ1) is 3.72. The van der Waals surface area contributed by atoms with Crippen LogP contribution >= 0.6 is 0 Å². The van der Waals surface area contributed by atoms with Crippen LogP contribution in [0.5, 0.6) is 0 Å². The van der Waals surface area contributed by atoms with Gasteiger partial charge in [0.05, 0.1) is 5.92 Å². The summed E-state index contributed by atoms with van der Waals surface area (Å²) in [4.78, 5) is 20.1. The third-order valence-corrected chi connectivity index (χ3v) is 0.805. The fourth-order valence-electron chi connectivity index (χ4n) is 0.235. The lowest BCUT2D eigenvalue weighted by Gasteiger charge is -1.90. The van der Waals surface area contributed by atoms with Crippen LogP contribution in [-0.4, -0.2) is 12.1 Å². The van der Waals surface area contributed by atoms with Gasteiger partial charge in [-0.05, 0) is 13.0 Å². The van der Waals surface area contributed by atoms with E-state index in [4.69, 9.17) is 0 Å². The largest absolute Gasteiger partial charge is 0.294 e. The molecule has 0 rings (SSSR count). The summed E-state index contributed by atoms with van der Waals surface area (Å²) >= 11 is 0. The summed E-state index contributed by atoms with van der Waals surface area (Å²) in [5.41, 5.74) is 0. The van der Waals surface area contributed by atoms with E-state index in [1.54, 1.807) is 6.29 Å². The molecular formula is C6H7O2. The Labute approximate surface area is 48.2 Å². The maximum Gasteiger partial charge on any atom is 0.209 e. The predicted octanol–water partition coefficient (Wildman–Crippen LogP) is 0.487. The van der Waals surface area contributed by atoms with Gasteiger partial charge in [-0.3, -0.25) is 9.59 Å². The van der Waals surface area contributed by atoms with E-state index in [2.05, 4.69) is 6.58 Å². The smallest absolute Gasteiger partial charge is 0.209 e. The molecule has 0 aromatic carbocycles. The van der Waals surface area contributed by atoms with E-state index in [0.29, 0.717) is 0 Å². The lowest BCUT2D eigenvalue weighted by atomic mass is 10.1. The Hall–Kier alpha value is -0.920. The van der Waals surface area contributed by atoms with E-state index in [9.17, 15) is 9.59 Å². The Morgan fingerprint density at radius 3 is 2.50 bits per heavy atom. The van der Waals surface area contributed by atoms with E-state index in [-0.39, 0.29) is 5.78 Å². The van der Waals surface area contributed by atoms with Gasteiger partial charge in [-0.1, -0.05) is 6.58 Å². The van der Waals surface area contributed by atoms with Crippen molar-refractivity contribution in [3.8, 4) is 0 Å². The van der Waals surface area contributed by atoms with Crippen LogP contribution in [-0.2, 0) is 9.59 Å². The number of allylic oxidation sites excluding steroid dienone is 1. The molecule has 0 saturated heterocycles. The third kappa shape index (κ3) is 1.69. The van der Waals surface area contributed by atoms with Crippen molar-refractivity contribution in [2.75, 3.05) is 0 Å². The molecule has 0 saturated carbocycles. The molecule has 0 aromatic heterocycles. The summed E-state index contributed by atoms with van der Waals surface area (Å²) in [7, 11) is 0. The van der Waals surface area contributed by atoms with Crippen LogP contribution in [0.3, 0.4) is 0 Å².